The molecule has 0 unspecified atom stereocenters. The molecule has 0 atom stereocenters. The number of carbonyl (C=O) groups excluding carboxylic acids is 2. The van der Waals surface area contributed by atoms with Crippen molar-refractivity contribution in [3.63, 3.8) is 0 Å². The molecule has 0 saturated heterocycles. The third-order valence-electron chi connectivity index (χ3n) is 4.94. The number of aliphatic hydroxyl groups is 1. The molecule has 0 aliphatic heterocycles. The summed E-state index contributed by atoms with van der Waals surface area (Å²) in [6, 6.07) is 13.8. The van der Waals surface area contributed by atoms with Gasteiger partial charge in [-0.1, -0.05) is 55.3 Å². The molecule has 0 spiro atoms. The Balaban J connectivity index is 1.55. The van der Waals surface area contributed by atoms with Crippen LogP contribution in [0.1, 0.15) is 31.2 Å². The second-order valence-electron chi connectivity index (χ2n) is 6.79. The van der Waals surface area contributed by atoms with Crippen LogP contribution >= 0.6 is 0 Å². The van der Waals surface area contributed by atoms with Crippen molar-refractivity contribution in [2.45, 2.75) is 37.6 Å². The van der Waals surface area contributed by atoms with Crippen molar-refractivity contribution in [3.05, 3.63) is 48.0 Å². The lowest BCUT2D eigenvalue weighted by Gasteiger charge is -2.28. The first-order valence-corrected chi connectivity index (χ1v) is 8.77. The van der Waals surface area contributed by atoms with Crippen molar-refractivity contribution >= 4 is 22.6 Å². The lowest BCUT2D eigenvalue weighted by atomic mass is 9.99. The van der Waals surface area contributed by atoms with Gasteiger partial charge in [0.05, 0.1) is 25.1 Å². The van der Waals surface area contributed by atoms with E-state index in [4.69, 9.17) is 0 Å². The first kappa shape index (κ1) is 17.4. The molecule has 3 rings (SSSR count). The van der Waals surface area contributed by atoms with E-state index in [9.17, 15) is 14.7 Å². The number of fused-ring (bicyclic) bond motifs is 1. The maximum Gasteiger partial charge on any atom is 0.239 e. The fraction of sp³-hybridized carbons (Fsp3) is 0.400. The summed E-state index contributed by atoms with van der Waals surface area (Å²) in [5, 5.41) is 17.2. The van der Waals surface area contributed by atoms with Gasteiger partial charge in [0.2, 0.25) is 11.8 Å². The van der Waals surface area contributed by atoms with Crippen LogP contribution in [-0.2, 0) is 16.0 Å². The van der Waals surface area contributed by atoms with E-state index in [0.29, 0.717) is 0 Å². The number of hydrogen-bond donors (Lipinski definition) is 3. The molecule has 3 N–H and O–H groups in total. The monoisotopic (exact) mass is 340 g/mol. The second kappa shape index (κ2) is 7.66. The number of nitrogens with one attached hydrogen (secondary N) is 2. The molecule has 0 radical (unpaired) electrons. The Labute approximate surface area is 147 Å². The molecule has 2 aromatic rings. The summed E-state index contributed by atoms with van der Waals surface area (Å²) in [5.41, 5.74) is 0.441. The molecule has 0 heterocycles. The zero-order valence-electron chi connectivity index (χ0n) is 14.3. The molecule has 1 aliphatic rings. The van der Waals surface area contributed by atoms with Gasteiger partial charge in [-0.25, -0.2) is 0 Å². The van der Waals surface area contributed by atoms with E-state index >= 15 is 0 Å². The summed E-state index contributed by atoms with van der Waals surface area (Å²) >= 11 is 0. The van der Waals surface area contributed by atoms with Crippen LogP contribution in [0, 0.1) is 0 Å². The summed E-state index contributed by atoms with van der Waals surface area (Å²) in [7, 11) is 0. The molecule has 132 valence electrons. The van der Waals surface area contributed by atoms with Gasteiger partial charge in [-0.2, -0.15) is 0 Å². The van der Waals surface area contributed by atoms with E-state index in [1.165, 1.54) is 0 Å². The zero-order valence-corrected chi connectivity index (χ0v) is 14.3. The molecule has 0 bridgehead atoms. The minimum Gasteiger partial charge on any atom is -0.394 e. The van der Waals surface area contributed by atoms with E-state index in [2.05, 4.69) is 10.6 Å². The smallest absolute Gasteiger partial charge is 0.239 e. The summed E-state index contributed by atoms with van der Waals surface area (Å²) in [4.78, 5) is 24.3. The molecule has 5 nitrogen and oxygen atoms in total. The minimum atomic E-state index is -0.503. The quantitative estimate of drug-likeness (QED) is 0.752. The molecular formula is C20H24N2O3. The van der Waals surface area contributed by atoms with Crippen molar-refractivity contribution in [2.24, 2.45) is 0 Å². The van der Waals surface area contributed by atoms with Crippen LogP contribution in [0.15, 0.2) is 42.5 Å². The van der Waals surface area contributed by atoms with E-state index in [-0.39, 0.29) is 31.4 Å². The van der Waals surface area contributed by atoms with Gasteiger partial charge < -0.3 is 15.7 Å². The van der Waals surface area contributed by atoms with E-state index in [0.717, 1.165) is 42.0 Å². The zero-order chi connectivity index (χ0) is 17.7. The summed E-state index contributed by atoms with van der Waals surface area (Å²) < 4.78 is 0. The molecule has 1 aliphatic carbocycles. The van der Waals surface area contributed by atoms with Gasteiger partial charge in [0, 0.05) is 0 Å². The Kier molecular flexibility index (Phi) is 5.34. The molecule has 1 saturated carbocycles. The summed E-state index contributed by atoms with van der Waals surface area (Å²) in [6.45, 7) is -0.117. The predicted octanol–water partition coefficient (Wildman–Crippen LogP) is 1.92. The van der Waals surface area contributed by atoms with Gasteiger partial charge in [0.1, 0.15) is 0 Å². The van der Waals surface area contributed by atoms with Crippen molar-refractivity contribution in [3.8, 4) is 0 Å². The lowest BCUT2D eigenvalue weighted by Crippen LogP contribution is -2.52. The number of benzene rings is 2. The molecule has 2 amide bonds. The standard InChI is InChI=1S/C20H24N2O3/c23-14-20(10-3-4-11-20)22-19(25)13-21-18(24)12-16-8-5-7-15-6-1-2-9-17(15)16/h1-2,5-9,23H,3-4,10-14H2,(H,21,24)(H,22,25). The van der Waals surface area contributed by atoms with Gasteiger partial charge in [0.25, 0.3) is 0 Å². The summed E-state index contributed by atoms with van der Waals surface area (Å²) in [6.07, 6.45) is 3.83. The van der Waals surface area contributed by atoms with Crippen LogP contribution in [0.25, 0.3) is 10.8 Å². The second-order valence-corrected chi connectivity index (χ2v) is 6.79. The maximum absolute atomic E-state index is 12.2. The summed E-state index contributed by atoms with van der Waals surface area (Å²) in [5.74, 6) is -0.432. The lowest BCUT2D eigenvalue weighted by molar-refractivity contribution is -0.127. The van der Waals surface area contributed by atoms with Crippen LogP contribution in [0.5, 0.6) is 0 Å². The molecule has 5 heteroatoms. The van der Waals surface area contributed by atoms with E-state index in [1.54, 1.807) is 0 Å². The van der Waals surface area contributed by atoms with Gasteiger partial charge in [-0.05, 0) is 29.2 Å². The van der Waals surface area contributed by atoms with Crippen LogP contribution in [-0.4, -0.2) is 35.6 Å². The highest BCUT2D eigenvalue weighted by atomic mass is 16.3. The number of amides is 2. The average molecular weight is 340 g/mol. The third-order valence-corrected chi connectivity index (χ3v) is 4.94. The van der Waals surface area contributed by atoms with Crippen LogP contribution in [0.4, 0.5) is 0 Å². The third kappa shape index (κ3) is 4.17. The fourth-order valence-corrected chi connectivity index (χ4v) is 3.58. The van der Waals surface area contributed by atoms with Gasteiger partial charge in [0.15, 0.2) is 0 Å². The Morgan fingerprint density at radius 1 is 1.00 bits per heavy atom. The average Bonchev–Trinajstić information content (AvgIpc) is 3.09. The van der Waals surface area contributed by atoms with Crippen molar-refractivity contribution < 1.29 is 14.7 Å². The van der Waals surface area contributed by atoms with Crippen LogP contribution < -0.4 is 10.6 Å². The molecular weight excluding hydrogens is 316 g/mol. The van der Waals surface area contributed by atoms with Crippen LogP contribution in [0.3, 0.4) is 0 Å². The highest BCUT2D eigenvalue weighted by molar-refractivity contribution is 5.91. The highest BCUT2D eigenvalue weighted by Gasteiger charge is 2.34. The van der Waals surface area contributed by atoms with Crippen molar-refractivity contribution in [2.75, 3.05) is 13.2 Å². The largest absolute Gasteiger partial charge is 0.394 e. The predicted molar refractivity (Wildman–Crippen MR) is 97.1 cm³/mol. The first-order chi connectivity index (χ1) is 12.1. The highest BCUT2D eigenvalue weighted by Crippen LogP contribution is 2.28. The topological polar surface area (TPSA) is 78.4 Å². The number of carbonyl (C=O) groups is 2. The number of hydrogen-bond acceptors (Lipinski definition) is 3. The fourth-order valence-electron chi connectivity index (χ4n) is 3.58. The van der Waals surface area contributed by atoms with Gasteiger partial charge in [-0.15, -0.1) is 0 Å². The Morgan fingerprint density at radius 3 is 2.48 bits per heavy atom. The molecule has 0 aromatic heterocycles. The number of aliphatic hydroxyl groups excluding tert-OH is 1. The van der Waals surface area contributed by atoms with Crippen molar-refractivity contribution in [1.29, 1.82) is 0 Å². The van der Waals surface area contributed by atoms with Crippen molar-refractivity contribution in [1.82, 2.24) is 10.6 Å². The minimum absolute atomic E-state index is 0.0529. The molecule has 2 aromatic carbocycles. The Hall–Kier alpha value is -2.40. The van der Waals surface area contributed by atoms with E-state index < -0.39 is 5.54 Å². The maximum atomic E-state index is 12.2. The molecule has 25 heavy (non-hydrogen) atoms. The first-order valence-electron chi connectivity index (χ1n) is 8.77. The van der Waals surface area contributed by atoms with Gasteiger partial charge in [-0.3, -0.25) is 9.59 Å². The van der Waals surface area contributed by atoms with E-state index in [1.807, 2.05) is 42.5 Å². The number of rotatable bonds is 6. The van der Waals surface area contributed by atoms with Crippen LogP contribution in [0.2, 0.25) is 0 Å². The van der Waals surface area contributed by atoms with Gasteiger partial charge >= 0.3 is 0 Å². The Morgan fingerprint density at radius 2 is 1.72 bits per heavy atom. The molecule has 1 fully saturated rings. The normalized spacial score (nSPS) is 15.9. The Bertz CT molecular complexity index is 761. The SMILES string of the molecule is O=C(Cc1cccc2ccccc12)NCC(=O)NC1(CO)CCCC1.